The van der Waals surface area contributed by atoms with Crippen LogP contribution in [0.1, 0.15) is 48.2 Å². The van der Waals surface area contributed by atoms with Crippen molar-refractivity contribution in [3.63, 3.8) is 0 Å². The van der Waals surface area contributed by atoms with Gasteiger partial charge in [0.15, 0.2) is 11.8 Å². The van der Waals surface area contributed by atoms with Crippen LogP contribution in [-0.4, -0.2) is 35.1 Å². The highest BCUT2D eigenvalue weighted by atomic mass is 19.1. The molecule has 9 nitrogen and oxygen atoms in total. The molecule has 1 aliphatic heterocycles. The van der Waals surface area contributed by atoms with Crippen molar-refractivity contribution in [3.8, 4) is 0 Å². The molecule has 33 heavy (non-hydrogen) atoms. The van der Waals surface area contributed by atoms with Crippen LogP contribution in [0.15, 0.2) is 41.0 Å². The number of benzene rings is 1. The van der Waals surface area contributed by atoms with Gasteiger partial charge in [-0.05, 0) is 61.4 Å². The maximum atomic E-state index is 13.4. The van der Waals surface area contributed by atoms with E-state index in [-0.39, 0.29) is 28.7 Å². The van der Waals surface area contributed by atoms with Crippen LogP contribution in [0.3, 0.4) is 0 Å². The first-order chi connectivity index (χ1) is 15.8. The van der Waals surface area contributed by atoms with Gasteiger partial charge in [-0.25, -0.2) is 19.2 Å². The topological polar surface area (TPSA) is 138 Å². The molecule has 2 fully saturated rings. The first-order valence-electron chi connectivity index (χ1n) is 10.8. The zero-order valence-electron chi connectivity index (χ0n) is 17.9. The number of amides is 2. The van der Waals surface area contributed by atoms with Crippen molar-refractivity contribution in [2.75, 3.05) is 18.0 Å². The monoisotopic (exact) mass is 453 g/mol. The van der Waals surface area contributed by atoms with E-state index in [2.05, 4.69) is 9.88 Å². The smallest absolute Gasteiger partial charge is 0.405 e. The number of pyridine rings is 1. The highest BCUT2D eigenvalue weighted by Gasteiger charge is 2.51. The number of hydrogen-bond donors (Lipinski definition) is 2. The highest BCUT2D eigenvalue weighted by molar-refractivity contribution is 5.90. The third-order valence-corrected chi connectivity index (χ3v) is 6.86. The van der Waals surface area contributed by atoms with E-state index in [9.17, 15) is 14.0 Å². The molecule has 2 amide bonds. The van der Waals surface area contributed by atoms with Crippen molar-refractivity contribution in [2.24, 2.45) is 22.8 Å². The average Bonchev–Trinajstić information content (AvgIpc) is 3.26. The Morgan fingerprint density at radius 1 is 1.15 bits per heavy atom. The van der Waals surface area contributed by atoms with E-state index in [0.29, 0.717) is 0 Å². The van der Waals surface area contributed by atoms with Gasteiger partial charge in [0, 0.05) is 24.4 Å². The molecule has 0 radical (unpaired) electrons. The number of carbonyl (C=O) groups excluding carboxylic acids is 2. The lowest BCUT2D eigenvalue weighted by molar-refractivity contribution is -0.0615. The van der Waals surface area contributed by atoms with Crippen LogP contribution < -0.4 is 16.4 Å². The molecule has 3 aromatic rings. The molecule has 1 spiro atoms. The summed E-state index contributed by atoms with van der Waals surface area (Å²) in [6.45, 7) is 1.69. The predicted octanol–water partition coefficient (Wildman–Crippen LogP) is 3.29. The summed E-state index contributed by atoms with van der Waals surface area (Å²) in [5.74, 6) is 0.0285. The van der Waals surface area contributed by atoms with Crippen molar-refractivity contribution >= 4 is 28.7 Å². The Kier molecular flexibility index (Phi) is 5.15. The number of halogens is 1. The lowest BCUT2D eigenvalue weighted by atomic mass is 9.56. The number of aromatic nitrogens is 2. The second-order valence-corrected chi connectivity index (χ2v) is 8.95. The summed E-state index contributed by atoms with van der Waals surface area (Å²) in [6.07, 6.45) is 3.09. The number of ether oxygens (including phenoxy) is 1. The SMILES string of the molecule is NC(=O)OC(c1nc(C(N)=O)co1)C1CC2(CCN(c3ccc4cc(F)ccc4n3)CC2)C1. The molecule has 1 aromatic carbocycles. The number of piperidine rings is 1. The molecule has 1 unspecified atom stereocenters. The van der Waals surface area contributed by atoms with E-state index in [4.69, 9.17) is 25.6 Å². The summed E-state index contributed by atoms with van der Waals surface area (Å²) in [6, 6.07) is 8.42. The summed E-state index contributed by atoms with van der Waals surface area (Å²) < 4.78 is 24.1. The second-order valence-electron chi connectivity index (χ2n) is 8.95. The fourth-order valence-corrected chi connectivity index (χ4v) is 5.15. The van der Waals surface area contributed by atoms with E-state index in [1.807, 2.05) is 12.1 Å². The van der Waals surface area contributed by atoms with E-state index < -0.39 is 18.1 Å². The molecule has 0 bridgehead atoms. The average molecular weight is 453 g/mol. The van der Waals surface area contributed by atoms with Gasteiger partial charge >= 0.3 is 6.09 Å². The molecule has 4 N–H and O–H groups in total. The van der Waals surface area contributed by atoms with E-state index in [0.717, 1.165) is 61.8 Å². The van der Waals surface area contributed by atoms with Crippen LogP contribution in [-0.2, 0) is 4.74 Å². The van der Waals surface area contributed by atoms with Gasteiger partial charge in [-0.3, -0.25) is 4.79 Å². The standard InChI is InChI=1S/C23H24FN5O4/c24-15-2-3-16-13(9-15)1-4-18(27-16)29-7-5-23(6-8-29)10-14(11-23)19(33-22(26)31)21-28-17(12-32-21)20(25)30/h1-4,9,12,14,19H,5-8,10-11H2,(H2,25,30)(H2,26,31). The third-order valence-electron chi connectivity index (χ3n) is 6.86. The molecule has 10 heteroatoms. The first kappa shape index (κ1) is 21.2. The summed E-state index contributed by atoms with van der Waals surface area (Å²) in [5.41, 5.74) is 11.4. The number of rotatable bonds is 5. The second kappa shape index (κ2) is 8.02. The Hall–Kier alpha value is -3.69. The summed E-state index contributed by atoms with van der Waals surface area (Å²) >= 11 is 0. The van der Waals surface area contributed by atoms with Gasteiger partial charge in [-0.15, -0.1) is 0 Å². The van der Waals surface area contributed by atoms with Crippen molar-refractivity contribution < 1.29 is 23.1 Å². The number of primary amides is 2. The number of hydrogen-bond acceptors (Lipinski definition) is 7. The first-order valence-corrected chi connectivity index (χ1v) is 10.8. The van der Waals surface area contributed by atoms with Crippen LogP contribution in [0.4, 0.5) is 15.0 Å². The minimum Gasteiger partial charge on any atom is -0.444 e. The number of anilines is 1. The molecular weight excluding hydrogens is 429 g/mol. The largest absolute Gasteiger partial charge is 0.444 e. The van der Waals surface area contributed by atoms with Crippen LogP contribution in [0, 0.1) is 17.2 Å². The van der Waals surface area contributed by atoms with Gasteiger partial charge in [-0.1, -0.05) is 0 Å². The molecule has 2 aliphatic rings. The van der Waals surface area contributed by atoms with Gasteiger partial charge < -0.3 is 25.5 Å². The Balaban J connectivity index is 1.24. The van der Waals surface area contributed by atoms with Crippen molar-refractivity contribution in [2.45, 2.75) is 31.8 Å². The number of oxazole rings is 1. The van der Waals surface area contributed by atoms with Crippen LogP contribution in [0.5, 0.6) is 0 Å². The fourth-order valence-electron chi connectivity index (χ4n) is 5.15. The van der Waals surface area contributed by atoms with Gasteiger partial charge in [0.25, 0.3) is 5.91 Å². The Morgan fingerprint density at radius 2 is 1.91 bits per heavy atom. The van der Waals surface area contributed by atoms with Crippen LogP contribution in [0.25, 0.3) is 10.9 Å². The maximum Gasteiger partial charge on any atom is 0.405 e. The minimum atomic E-state index is -0.920. The predicted molar refractivity (Wildman–Crippen MR) is 117 cm³/mol. The minimum absolute atomic E-state index is 0.00267. The quantitative estimate of drug-likeness (QED) is 0.604. The van der Waals surface area contributed by atoms with Crippen molar-refractivity contribution in [1.29, 1.82) is 0 Å². The molecule has 1 saturated heterocycles. The zero-order chi connectivity index (χ0) is 23.2. The fraction of sp³-hybridized carbons (Fsp3) is 0.391. The van der Waals surface area contributed by atoms with E-state index in [1.54, 1.807) is 6.07 Å². The highest BCUT2D eigenvalue weighted by Crippen LogP contribution is 2.57. The normalized spacial score (nSPS) is 18.8. The van der Waals surface area contributed by atoms with Crippen LogP contribution in [0.2, 0.25) is 0 Å². The third kappa shape index (κ3) is 4.08. The molecular formula is C23H24FN5O4. The maximum absolute atomic E-state index is 13.4. The lowest BCUT2D eigenvalue weighted by Crippen LogP contribution is -2.49. The molecule has 3 heterocycles. The Bertz CT molecular complexity index is 1210. The van der Waals surface area contributed by atoms with Crippen LogP contribution >= 0.6 is 0 Å². The molecule has 172 valence electrons. The van der Waals surface area contributed by atoms with Gasteiger partial charge in [0.1, 0.15) is 17.9 Å². The zero-order valence-corrected chi connectivity index (χ0v) is 17.9. The van der Waals surface area contributed by atoms with E-state index >= 15 is 0 Å². The molecule has 1 atom stereocenters. The van der Waals surface area contributed by atoms with Gasteiger partial charge in [-0.2, -0.15) is 0 Å². The number of carbonyl (C=O) groups is 2. The molecule has 1 aliphatic carbocycles. The number of fused-ring (bicyclic) bond motifs is 1. The van der Waals surface area contributed by atoms with Gasteiger partial charge in [0.2, 0.25) is 5.89 Å². The molecule has 5 rings (SSSR count). The van der Waals surface area contributed by atoms with Crippen molar-refractivity contribution in [3.05, 3.63) is 54.0 Å². The molecule has 2 aromatic heterocycles. The van der Waals surface area contributed by atoms with E-state index in [1.165, 1.54) is 12.1 Å². The summed E-state index contributed by atoms with van der Waals surface area (Å²) in [5, 5.41) is 0.778. The lowest BCUT2D eigenvalue weighted by Gasteiger charge is -2.53. The summed E-state index contributed by atoms with van der Waals surface area (Å²) in [7, 11) is 0. The summed E-state index contributed by atoms with van der Waals surface area (Å²) in [4.78, 5) is 33.8. The molecule has 1 saturated carbocycles. The van der Waals surface area contributed by atoms with Crippen molar-refractivity contribution in [1.82, 2.24) is 9.97 Å². The number of nitrogens with zero attached hydrogens (tertiary/aromatic N) is 3. The Labute approximate surface area is 188 Å². The Morgan fingerprint density at radius 3 is 2.58 bits per heavy atom. The number of nitrogens with two attached hydrogens (primary N) is 2. The van der Waals surface area contributed by atoms with Gasteiger partial charge in [0.05, 0.1) is 5.52 Å².